The Hall–Kier alpha value is -1.44. The maximum absolute atomic E-state index is 12.2. The summed E-state index contributed by atoms with van der Waals surface area (Å²) in [4.78, 5) is 20.8. The van der Waals surface area contributed by atoms with E-state index >= 15 is 0 Å². The maximum Gasteiger partial charge on any atom is 0.262 e. The van der Waals surface area contributed by atoms with Crippen molar-refractivity contribution in [2.45, 2.75) is 43.1 Å². The second-order valence-corrected chi connectivity index (χ2v) is 7.18. The molecular formula is C14H18N2O4S. The van der Waals surface area contributed by atoms with Gasteiger partial charge in [-0.3, -0.25) is 9.63 Å². The summed E-state index contributed by atoms with van der Waals surface area (Å²) in [6, 6.07) is 4.69. The number of benzene rings is 1. The summed E-state index contributed by atoms with van der Waals surface area (Å²) in [5.41, 5.74) is 1.49. The van der Waals surface area contributed by atoms with Gasteiger partial charge >= 0.3 is 0 Å². The molecule has 1 aromatic carbocycles. The molecule has 0 radical (unpaired) electrons. The van der Waals surface area contributed by atoms with Crippen molar-refractivity contribution in [3.63, 3.8) is 0 Å². The topological polar surface area (TPSA) is 75.7 Å². The van der Waals surface area contributed by atoms with Gasteiger partial charge in [0.05, 0.1) is 17.4 Å². The SMILES string of the molecule is CN1C(=O)Cc2cc(S(=O)(=O)NOC3CCCC3)ccc21. The van der Waals surface area contributed by atoms with E-state index in [4.69, 9.17) is 4.84 Å². The van der Waals surface area contributed by atoms with Crippen molar-refractivity contribution < 1.29 is 18.0 Å². The number of anilines is 1. The van der Waals surface area contributed by atoms with Crippen LogP contribution in [-0.2, 0) is 26.1 Å². The van der Waals surface area contributed by atoms with Crippen molar-refractivity contribution in [3.05, 3.63) is 23.8 Å². The smallest absolute Gasteiger partial charge is 0.262 e. The van der Waals surface area contributed by atoms with Crippen LogP contribution in [0.2, 0.25) is 0 Å². The fourth-order valence-corrected chi connectivity index (χ4v) is 3.70. The Kier molecular flexibility index (Phi) is 3.73. The minimum atomic E-state index is -3.71. The third-order valence-electron chi connectivity index (χ3n) is 4.07. The molecule has 1 heterocycles. The number of hydrogen-bond donors (Lipinski definition) is 1. The lowest BCUT2D eigenvalue weighted by atomic mass is 10.2. The Balaban J connectivity index is 1.77. The lowest BCUT2D eigenvalue weighted by molar-refractivity contribution is -0.117. The standard InChI is InChI=1S/C14H18N2O4S/c1-16-13-7-6-12(8-10(13)9-14(16)17)21(18,19)15-20-11-4-2-3-5-11/h6-8,11,15H,2-5,9H2,1H3. The molecular weight excluding hydrogens is 292 g/mol. The van der Waals surface area contributed by atoms with Crippen molar-refractivity contribution in [2.75, 3.05) is 11.9 Å². The molecule has 21 heavy (non-hydrogen) atoms. The molecule has 1 aliphatic heterocycles. The zero-order chi connectivity index (χ0) is 15.0. The van der Waals surface area contributed by atoms with Crippen molar-refractivity contribution in [1.29, 1.82) is 0 Å². The minimum absolute atomic E-state index is 0.0327. The van der Waals surface area contributed by atoms with Gasteiger partial charge in [0.1, 0.15) is 0 Å². The molecule has 7 heteroatoms. The van der Waals surface area contributed by atoms with Crippen LogP contribution in [-0.4, -0.2) is 27.5 Å². The summed E-state index contributed by atoms with van der Waals surface area (Å²) < 4.78 is 24.4. The molecule has 0 aromatic heterocycles. The van der Waals surface area contributed by atoms with E-state index < -0.39 is 10.0 Å². The normalized spacial score (nSPS) is 19.3. The molecule has 0 spiro atoms. The van der Waals surface area contributed by atoms with Gasteiger partial charge < -0.3 is 4.90 Å². The third-order valence-corrected chi connectivity index (χ3v) is 5.26. The largest absolute Gasteiger partial charge is 0.315 e. The Bertz CT molecular complexity index is 666. The van der Waals surface area contributed by atoms with Crippen LogP contribution in [0.4, 0.5) is 5.69 Å². The molecule has 0 unspecified atom stereocenters. The minimum Gasteiger partial charge on any atom is -0.315 e. The molecule has 0 atom stereocenters. The predicted molar refractivity (Wildman–Crippen MR) is 77.2 cm³/mol. The molecule has 1 aliphatic carbocycles. The van der Waals surface area contributed by atoms with Crippen molar-refractivity contribution in [3.8, 4) is 0 Å². The number of carbonyl (C=O) groups excluding carboxylic acids is 1. The molecule has 6 nitrogen and oxygen atoms in total. The highest BCUT2D eigenvalue weighted by Crippen LogP contribution is 2.29. The highest BCUT2D eigenvalue weighted by molar-refractivity contribution is 7.89. The molecule has 1 N–H and O–H groups in total. The average molecular weight is 310 g/mol. The second kappa shape index (κ2) is 5.40. The highest BCUT2D eigenvalue weighted by atomic mass is 32.2. The van der Waals surface area contributed by atoms with E-state index in [1.54, 1.807) is 13.1 Å². The Labute approximate surface area is 124 Å². The lowest BCUT2D eigenvalue weighted by Crippen LogP contribution is -2.28. The number of sulfonamides is 1. The number of fused-ring (bicyclic) bond motifs is 1. The summed E-state index contributed by atoms with van der Waals surface area (Å²) in [5, 5.41) is 0. The van der Waals surface area contributed by atoms with E-state index in [0.717, 1.165) is 36.9 Å². The van der Waals surface area contributed by atoms with Crippen LogP contribution in [0.25, 0.3) is 0 Å². The number of hydrogen-bond acceptors (Lipinski definition) is 4. The van der Waals surface area contributed by atoms with Gasteiger partial charge in [0.25, 0.3) is 10.0 Å². The first kappa shape index (κ1) is 14.5. The molecule has 1 saturated carbocycles. The number of rotatable bonds is 4. The predicted octanol–water partition coefficient (Wildman–Crippen LogP) is 1.36. The first-order valence-electron chi connectivity index (χ1n) is 7.04. The quantitative estimate of drug-likeness (QED) is 0.852. The average Bonchev–Trinajstić information content (AvgIpc) is 3.06. The molecule has 114 valence electrons. The van der Waals surface area contributed by atoms with Crippen molar-refractivity contribution in [2.24, 2.45) is 0 Å². The van der Waals surface area contributed by atoms with Crippen LogP contribution < -0.4 is 9.79 Å². The zero-order valence-electron chi connectivity index (χ0n) is 11.8. The molecule has 2 aliphatic rings. The molecule has 0 bridgehead atoms. The summed E-state index contributed by atoms with van der Waals surface area (Å²) in [6.07, 6.45) is 4.10. The van der Waals surface area contributed by atoms with E-state index in [9.17, 15) is 13.2 Å². The molecule has 0 saturated heterocycles. The lowest BCUT2D eigenvalue weighted by Gasteiger charge is -2.13. The van der Waals surface area contributed by atoms with Crippen LogP contribution in [0.15, 0.2) is 23.1 Å². The van der Waals surface area contributed by atoms with Gasteiger partial charge in [0, 0.05) is 12.7 Å². The van der Waals surface area contributed by atoms with E-state index in [1.807, 2.05) is 0 Å². The Morgan fingerprint density at radius 3 is 2.71 bits per heavy atom. The zero-order valence-corrected chi connectivity index (χ0v) is 12.6. The van der Waals surface area contributed by atoms with E-state index in [1.165, 1.54) is 17.0 Å². The Morgan fingerprint density at radius 1 is 1.29 bits per heavy atom. The van der Waals surface area contributed by atoms with Crippen LogP contribution in [0, 0.1) is 0 Å². The molecule has 1 aromatic rings. The fourth-order valence-electron chi connectivity index (χ4n) is 2.80. The summed E-state index contributed by atoms with van der Waals surface area (Å²) in [7, 11) is -2.02. The summed E-state index contributed by atoms with van der Waals surface area (Å²) >= 11 is 0. The van der Waals surface area contributed by atoms with Crippen LogP contribution in [0.1, 0.15) is 31.2 Å². The van der Waals surface area contributed by atoms with Gasteiger partial charge in [-0.05, 0) is 36.6 Å². The van der Waals surface area contributed by atoms with Gasteiger partial charge in [0.2, 0.25) is 5.91 Å². The molecule has 1 amide bonds. The second-order valence-electron chi connectivity index (χ2n) is 5.53. The number of amides is 1. The summed E-state index contributed by atoms with van der Waals surface area (Å²) in [5.74, 6) is -0.0327. The van der Waals surface area contributed by atoms with Gasteiger partial charge in [-0.1, -0.05) is 17.7 Å². The van der Waals surface area contributed by atoms with Crippen molar-refractivity contribution in [1.82, 2.24) is 4.89 Å². The maximum atomic E-state index is 12.2. The number of nitrogens with one attached hydrogen (secondary N) is 1. The molecule has 3 rings (SSSR count). The number of nitrogens with zero attached hydrogens (tertiary/aromatic N) is 1. The summed E-state index contributed by atoms with van der Waals surface area (Å²) in [6.45, 7) is 0. The molecule has 1 fully saturated rings. The Morgan fingerprint density at radius 2 is 2.00 bits per heavy atom. The van der Waals surface area contributed by atoms with E-state index in [0.29, 0.717) is 0 Å². The van der Waals surface area contributed by atoms with E-state index in [2.05, 4.69) is 4.89 Å². The first-order valence-corrected chi connectivity index (χ1v) is 8.52. The highest BCUT2D eigenvalue weighted by Gasteiger charge is 2.27. The van der Waals surface area contributed by atoms with Gasteiger partial charge in [-0.15, -0.1) is 0 Å². The number of carbonyl (C=O) groups is 1. The monoisotopic (exact) mass is 310 g/mol. The first-order chi connectivity index (χ1) is 9.97. The fraction of sp³-hybridized carbons (Fsp3) is 0.500. The number of likely N-dealkylation sites (N-methyl/N-ethyl adjacent to an activating group) is 1. The van der Waals surface area contributed by atoms with E-state index in [-0.39, 0.29) is 23.3 Å². The van der Waals surface area contributed by atoms with Crippen LogP contribution in [0.3, 0.4) is 0 Å². The van der Waals surface area contributed by atoms with Crippen LogP contribution >= 0.6 is 0 Å². The van der Waals surface area contributed by atoms with Gasteiger partial charge in [-0.25, -0.2) is 8.42 Å². The third kappa shape index (κ3) is 2.81. The van der Waals surface area contributed by atoms with Crippen molar-refractivity contribution >= 4 is 21.6 Å². The van der Waals surface area contributed by atoms with Gasteiger partial charge in [-0.2, -0.15) is 0 Å². The van der Waals surface area contributed by atoms with Gasteiger partial charge in [0.15, 0.2) is 0 Å². The van der Waals surface area contributed by atoms with Crippen LogP contribution in [0.5, 0.6) is 0 Å².